The molecule has 8 N–H and O–H groups in total. The van der Waals surface area contributed by atoms with Gasteiger partial charge in [0, 0.05) is 80.3 Å². The van der Waals surface area contributed by atoms with Crippen LogP contribution in [0.2, 0.25) is 0 Å². The molecule has 0 aromatic heterocycles. The normalized spacial score (nSPS) is 24.7. The van der Waals surface area contributed by atoms with E-state index in [1.54, 1.807) is 12.1 Å². The second-order valence-corrected chi connectivity index (χ2v) is 27.3. The van der Waals surface area contributed by atoms with E-state index < -0.39 is 129 Å². The first-order chi connectivity index (χ1) is 40.5. The second kappa shape index (κ2) is 30.6. The number of nitrogens with one attached hydrogen (secondary N) is 2. The van der Waals surface area contributed by atoms with Gasteiger partial charge in [-0.2, -0.15) is 0 Å². The molecule has 2 fully saturated rings. The predicted molar refractivity (Wildman–Crippen MR) is 318 cm³/mol. The third-order valence-electron chi connectivity index (χ3n) is 15.6. The number of phosphoric ester groups is 1. The molecule has 28 heteroatoms. The van der Waals surface area contributed by atoms with Crippen molar-refractivity contribution >= 4 is 65.3 Å². The largest absolute Gasteiger partial charge is 0.481 e. The lowest BCUT2D eigenvalue weighted by molar-refractivity contribution is -0.329. The number of anilines is 1. The lowest BCUT2D eigenvalue weighted by Crippen LogP contribution is -2.69. The van der Waals surface area contributed by atoms with Crippen molar-refractivity contribution in [1.82, 2.24) is 15.2 Å². The number of nitrogens with zero attached hydrogens (tertiary/aromatic N) is 2. The molecule has 3 heterocycles. The molecule has 6 rings (SSSR count). The summed E-state index contributed by atoms with van der Waals surface area (Å²) in [6.07, 6.45) is -14.0. The van der Waals surface area contributed by atoms with Crippen molar-refractivity contribution in [1.29, 1.82) is 0 Å². The van der Waals surface area contributed by atoms with Crippen LogP contribution in [-0.2, 0) is 65.9 Å². The lowest BCUT2D eigenvalue weighted by Gasteiger charge is -2.49. The molecular weight excluding hydrogens is 1180 g/mol. The maximum Gasteiger partial charge on any atom is 0.481 e. The van der Waals surface area contributed by atoms with Crippen molar-refractivity contribution < 1.29 is 99.1 Å². The fourth-order valence-corrected chi connectivity index (χ4v) is 14.7. The summed E-state index contributed by atoms with van der Waals surface area (Å²) in [6.45, 7) is 17.2. The van der Waals surface area contributed by atoms with Crippen molar-refractivity contribution in [3.63, 3.8) is 0 Å². The Hall–Kier alpha value is -4.86. The van der Waals surface area contributed by atoms with Gasteiger partial charge in [-0.05, 0) is 109 Å². The van der Waals surface area contributed by atoms with Crippen LogP contribution in [0.25, 0.3) is 33.4 Å². The number of ketones is 2. The first-order valence-electron chi connectivity index (χ1n) is 29.0. The van der Waals surface area contributed by atoms with E-state index in [9.17, 15) is 66.9 Å². The predicted octanol–water partition coefficient (Wildman–Crippen LogP) is 4.33. The molecule has 478 valence electrons. The first-order valence-corrected chi connectivity index (χ1v) is 34.1. The zero-order chi connectivity index (χ0) is 63.6. The number of benzene rings is 3. The standard InChI is InChI=1S/C58H84N4O21P2S/c1-11-61(12-2)39-20-23-43-46(29-39)78-47-30-40(62(13-3)14-4)21-24-44(47)50(43)42-25-22-41(28-33(42)5)86(75,76)27-17-15-16-18-38(34(6)65)19-26-45(68)35(7)77-56-52(60-37(9)67)57(79-48(31-63)53(56)69)81-55-49(32-64)80-58(51(54(55)70)59-36(8)66)82-85(73,74)83-84(10,71)72/h20-25,28-30,35,38,48-49,51-58,63-64,69-70H,11-19,26-27,31-32H2,1-10H3,(H3-,59,60,66,67,71,72,73,74)/p+1/t35-,38-,48?,49?,51?,52?,53?,54?,55?,56?,57?,58?/m1/s1. The number of rotatable bonds is 30. The summed E-state index contributed by atoms with van der Waals surface area (Å²) in [5.41, 5.74) is 5.26. The van der Waals surface area contributed by atoms with Gasteiger partial charge < -0.3 is 69.1 Å². The summed E-state index contributed by atoms with van der Waals surface area (Å²) < 4.78 is 93.9. The summed E-state index contributed by atoms with van der Waals surface area (Å²) >= 11 is 0. The van der Waals surface area contributed by atoms with Crippen LogP contribution < -0.4 is 25.5 Å². The Morgan fingerprint density at radius 3 is 2.01 bits per heavy atom. The van der Waals surface area contributed by atoms with Gasteiger partial charge in [0.25, 0.3) is 0 Å². The minimum absolute atomic E-state index is 0.106. The van der Waals surface area contributed by atoms with Gasteiger partial charge in [-0.25, -0.2) is 21.9 Å². The summed E-state index contributed by atoms with van der Waals surface area (Å²) in [7, 11) is -13.8. The molecule has 0 spiro atoms. The summed E-state index contributed by atoms with van der Waals surface area (Å²) in [6, 6.07) is 14.3. The lowest BCUT2D eigenvalue weighted by atomic mass is 9.91. The average Bonchev–Trinajstić information content (AvgIpc) is 1.03. The maximum absolute atomic E-state index is 13.9. The Morgan fingerprint density at radius 2 is 1.42 bits per heavy atom. The molecule has 2 aromatic rings. The van der Waals surface area contributed by atoms with Gasteiger partial charge in [0.15, 0.2) is 28.2 Å². The Labute approximate surface area is 501 Å². The van der Waals surface area contributed by atoms with Crippen LogP contribution in [0.4, 0.5) is 5.69 Å². The smallest absolute Gasteiger partial charge is 0.456 e. The highest BCUT2D eigenvalue weighted by atomic mass is 32.2. The second-order valence-electron chi connectivity index (χ2n) is 21.8. The molecule has 3 aliphatic heterocycles. The van der Waals surface area contributed by atoms with Crippen molar-refractivity contribution in [3.05, 3.63) is 65.5 Å². The summed E-state index contributed by atoms with van der Waals surface area (Å²) in [4.78, 5) is 73.8. The van der Waals surface area contributed by atoms with Gasteiger partial charge in [0.2, 0.25) is 17.2 Å². The number of carbonyl (C=O) groups excluding carboxylic acids is 4. The number of ether oxygens (including phenoxy) is 4. The number of hydrogen-bond acceptors (Lipinski definition) is 20. The van der Waals surface area contributed by atoms with Crippen LogP contribution in [0.5, 0.6) is 0 Å². The molecule has 86 heavy (non-hydrogen) atoms. The number of fused-ring (bicyclic) bond motifs is 2. The van der Waals surface area contributed by atoms with Gasteiger partial charge in [0.1, 0.15) is 85.0 Å². The average molecular weight is 1270 g/mol. The number of aliphatic hydroxyl groups is 4. The summed E-state index contributed by atoms with van der Waals surface area (Å²) in [5.74, 6) is -2.24. The number of aryl methyl sites for hydroxylation is 1. The van der Waals surface area contributed by atoms with E-state index in [4.69, 9.17) is 27.9 Å². The van der Waals surface area contributed by atoms with Crippen LogP contribution in [0.1, 0.15) is 99.5 Å². The number of amides is 2. The highest BCUT2D eigenvalue weighted by Gasteiger charge is 2.54. The van der Waals surface area contributed by atoms with Gasteiger partial charge in [-0.1, -0.05) is 18.9 Å². The van der Waals surface area contributed by atoms with Crippen molar-refractivity contribution in [2.45, 2.75) is 173 Å². The van der Waals surface area contributed by atoms with Crippen molar-refractivity contribution in [3.8, 4) is 22.5 Å². The topological polar surface area (TPSA) is 357 Å². The molecule has 4 aliphatic rings. The summed E-state index contributed by atoms with van der Waals surface area (Å²) in [5, 5.41) is 50.4. The van der Waals surface area contributed by atoms with E-state index in [1.165, 1.54) is 13.8 Å². The zero-order valence-corrected chi connectivity index (χ0v) is 52.9. The maximum atomic E-state index is 13.9. The Morgan fingerprint density at radius 1 is 0.779 bits per heavy atom. The van der Waals surface area contributed by atoms with Crippen LogP contribution in [0.3, 0.4) is 0 Å². The molecule has 0 radical (unpaired) electrons. The fourth-order valence-electron chi connectivity index (χ4n) is 11.1. The Kier molecular flexibility index (Phi) is 25.0. The highest BCUT2D eigenvalue weighted by Crippen LogP contribution is 2.59. The molecular formula is C58H85N4O21P2S+. The molecule has 25 nitrogen and oxygen atoms in total. The van der Waals surface area contributed by atoms with Gasteiger partial charge in [0.05, 0.1) is 29.9 Å². The molecule has 2 aromatic carbocycles. The Bertz CT molecular complexity index is 3270. The molecule has 14 atom stereocenters. The minimum atomic E-state index is -5.45. The van der Waals surface area contributed by atoms with Gasteiger partial charge >= 0.3 is 15.4 Å². The van der Waals surface area contributed by atoms with Gasteiger partial charge in [-0.15, -0.1) is 0 Å². The van der Waals surface area contributed by atoms with Crippen LogP contribution >= 0.6 is 15.4 Å². The SMILES string of the molecule is CCN(CC)c1ccc2c(-c3ccc(S(=O)(=O)CCCCC[C@H](CCC(=O)[C@@H](C)OC4C(O)C(CO)OC(OC5C(CO)OC(OP(=O)(O)OP(C)(=O)O)C(NC(C)=O)C5O)C4NC(C)=O)C(C)=O)cc3C)c3ccc(=[N+](CC)CC)cc-3oc2c1. The number of hydrogen-bond donors (Lipinski definition) is 8. The number of phosphoric acid groups is 1. The number of Topliss-reactive ketones (excluding diaryl/α,β-unsaturated/α-hetero) is 2. The number of sulfone groups is 1. The third kappa shape index (κ3) is 17.7. The van der Waals surface area contributed by atoms with Crippen molar-refractivity contribution in [2.75, 3.05) is 56.7 Å². The quantitative estimate of drug-likeness (QED) is 0.0156. The van der Waals surface area contributed by atoms with E-state index in [0.29, 0.717) is 43.7 Å². The van der Waals surface area contributed by atoms with E-state index in [0.717, 1.165) is 78.7 Å². The van der Waals surface area contributed by atoms with Crippen LogP contribution in [0, 0.1) is 12.8 Å². The van der Waals surface area contributed by atoms with Gasteiger partial charge in [-0.3, -0.25) is 28.3 Å². The van der Waals surface area contributed by atoms with Crippen LogP contribution in [-0.4, -0.2) is 181 Å². The number of carbonyl (C=O) groups is 4. The third-order valence-corrected chi connectivity index (χ3v) is 19.9. The molecule has 1 aliphatic carbocycles. The molecule has 2 amide bonds. The Balaban J connectivity index is 1.09. The number of aliphatic hydroxyl groups excluding tert-OH is 4. The zero-order valence-electron chi connectivity index (χ0n) is 50.3. The molecule has 12 unspecified atom stereocenters. The fraction of sp³-hybridized carbons (Fsp3) is 0.603. The van der Waals surface area contributed by atoms with E-state index in [-0.39, 0.29) is 29.3 Å². The molecule has 2 saturated heterocycles. The monoisotopic (exact) mass is 1270 g/mol. The first kappa shape index (κ1) is 70.2. The van der Waals surface area contributed by atoms with Crippen LogP contribution in [0.15, 0.2) is 63.9 Å². The van der Waals surface area contributed by atoms with E-state index in [1.807, 2.05) is 13.0 Å². The number of unbranched alkanes of at least 4 members (excludes halogenated alkanes) is 2. The molecule has 0 bridgehead atoms. The van der Waals surface area contributed by atoms with E-state index >= 15 is 0 Å². The minimum Gasteiger partial charge on any atom is -0.456 e. The highest BCUT2D eigenvalue weighted by molar-refractivity contribution is 7.91. The van der Waals surface area contributed by atoms with E-state index in [2.05, 4.69) is 88.5 Å². The molecule has 0 saturated carbocycles. The van der Waals surface area contributed by atoms with Crippen molar-refractivity contribution in [2.24, 2.45) is 5.92 Å².